The monoisotopic (exact) mass is 410 g/mol. The van der Waals surface area contributed by atoms with E-state index < -0.39 is 4.08 Å². The molecule has 3 nitrogen and oxygen atoms in total. The molecule has 0 bridgehead atoms. The SMILES string of the molecule is COC(=O)C(C)(Sc1cccc(CO)c1C)Sc1cccc(CCl)c1C. The number of thioether (sulfide) groups is 2. The topological polar surface area (TPSA) is 46.5 Å². The maximum Gasteiger partial charge on any atom is 0.332 e. The normalized spacial score (nSPS) is 13.3. The third-order valence-corrected chi connectivity index (χ3v) is 7.50. The molecule has 0 fully saturated rings. The first kappa shape index (κ1) is 21.2. The number of rotatable bonds is 7. The summed E-state index contributed by atoms with van der Waals surface area (Å²) >= 11 is 8.92. The number of aliphatic hydroxyl groups excluding tert-OH is 1. The highest BCUT2D eigenvalue weighted by Gasteiger charge is 2.38. The Kier molecular flexibility index (Phi) is 7.47. The predicted molar refractivity (Wildman–Crippen MR) is 110 cm³/mol. The van der Waals surface area contributed by atoms with Gasteiger partial charge in [0.25, 0.3) is 0 Å². The van der Waals surface area contributed by atoms with Crippen molar-refractivity contribution < 1.29 is 14.6 Å². The smallest absolute Gasteiger partial charge is 0.332 e. The van der Waals surface area contributed by atoms with Crippen LogP contribution in [0.15, 0.2) is 46.2 Å². The number of halogens is 1. The third-order valence-electron chi connectivity index (χ3n) is 4.27. The van der Waals surface area contributed by atoms with Crippen LogP contribution in [0.2, 0.25) is 0 Å². The van der Waals surface area contributed by atoms with Crippen molar-refractivity contribution in [2.45, 2.75) is 47.1 Å². The Hall–Kier alpha value is -1.14. The Morgan fingerprint density at radius 2 is 1.58 bits per heavy atom. The van der Waals surface area contributed by atoms with Crippen LogP contribution in [-0.4, -0.2) is 22.3 Å². The molecule has 140 valence electrons. The number of aliphatic hydroxyl groups is 1. The highest BCUT2D eigenvalue weighted by atomic mass is 35.5. The molecule has 0 saturated carbocycles. The fraction of sp³-hybridized carbons (Fsp3) is 0.350. The van der Waals surface area contributed by atoms with Gasteiger partial charge >= 0.3 is 5.97 Å². The summed E-state index contributed by atoms with van der Waals surface area (Å²) in [6.45, 7) is 5.81. The maximum absolute atomic E-state index is 12.6. The van der Waals surface area contributed by atoms with Crippen LogP contribution in [0.1, 0.15) is 29.2 Å². The zero-order chi connectivity index (χ0) is 19.3. The van der Waals surface area contributed by atoms with Gasteiger partial charge in [-0.05, 0) is 55.2 Å². The Labute approximate surface area is 168 Å². The van der Waals surface area contributed by atoms with Crippen molar-refractivity contribution in [2.75, 3.05) is 7.11 Å². The molecule has 0 aliphatic rings. The summed E-state index contributed by atoms with van der Waals surface area (Å²) in [6, 6.07) is 11.7. The lowest BCUT2D eigenvalue weighted by Gasteiger charge is -2.27. The van der Waals surface area contributed by atoms with E-state index in [1.54, 1.807) is 0 Å². The number of ether oxygens (including phenoxy) is 1. The molecule has 0 aliphatic heterocycles. The molecule has 0 aliphatic carbocycles. The highest BCUT2D eigenvalue weighted by molar-refractivity contribution is 8.19. The summed E-state index contributed by atoms with van der Waals surface area (Å²) in [6.07, 6.45) is 0. The van der Waals surface area contributed by atoms with E-state index in [1.807, 2.05) is 57.2 Å². The van der Waals surface area contributed by atoms with Gasteiger partial charge < -0.3 is 9.84 Å². The molecule has 1 atom stereocenters. The Balaban J connectivity index is 2.42. The van der Waals surface area contributed by atoms with Crippen LogP contribution in [0.3, 0.4) is 0 Å². The summed E-state index contributed by atoms with van der Waals surface area (Å²) in [5.41, 5.74) is 3.95. The Morgan fingerprint density at radius 3 is 2.04 bits per heavy atom. The number of alkyl halides is 1. The molecular formula is C20H23ClO3S2. The Morgan fingerprint density at radius 1 is 1.08 bits per heavy atom. The minimum atomic E-state index is -0.872. The number of esters is 1. The number of hydrogen-bond donors (Lipinski definition) is 1. The largest absolute Gasteiger partial charge is 0.467 e. The first-order valence-electron chi connectivity index (χ1n) is 8.16. The lowest BCUT2D eigenvalue weighted by Crippen LogP contribution is -2.29. The van der Waals surface area contributed by atoms with Gasteiger partial charge in [-0.15, -0.1) is 11.6 Å². The summed E-state index contributed by atoms with van der Waals surface area (Å²) in [4.78, 5) is 14.6. The van der Waals surface area contributed by atoms with Gasteiger partial charge in [-0.1, -0.05) is 47.8 Å². The van der Waals surface area contributed by atoms with Crippen LogP contribution in [0.25, 0.3) is 0 Å². The van der Waals surface area contributed by atoms with Gasteiger partial charge in [-0.2, -0.15) is 0 Å². The minimum Gasteiger partial charge on any atom is -0.467 e. The van der Waals surface area contributed by atoms with Gasteiger partial charge in [0.05, 0.1) is 13.7 Å². The molecular weight excluding hydrogens is 388 g/mol. The molecule has 0 spiro atoms. The second-order valence-electron chi connectivity index (χ2n) is 6.01. The van der Waals surface area contributed by atoms with Crippen molar-refractivity contribution in [3.05, 3.63) is 58.7 Å². The van der Waals surface area contributed by atoms with E-state index in [0.29, 0.717) is 5.88 Å². The molecule has 1 N–H and O–H groups in total. The molecule has 0 amide bonds. The number of carbonyl (C=O) groups excluding carboxylic acids is 1. The van der Waals surface area contributed by atoms with Crippen LogP contribution in [0.4, 0.5) is 0 Å². The number of methoxy groups -OCH3 is 1. The standard InChI is InChI=1S/C20H23ClO3S2/c1-13-15(11-21)7-5-9-17(13)25-20(3,19(23)24-4)26-18-10-6-8-16(12-22)14(18)2/h5-10,22H,11-12H2,1-4H3. The van der Waals surface area contributed by atoms with Gasteiger partial charge in [-0.25, -0.2) is 4.79 Å². The minimum absolute atomic E-state index is 0.0286. The summed E-state index contributed by atoms with van der Waals surface area (Å²) < 4.78 is 4.22. The van der Waals surface area contributed by atoms with Gasteiger partial charge in [0.15, 0.2) is 4.08 Å². The average Bonchev–Trinajstić information content (AvgIpc) is 2.64. The van der Waals surface area contributed by atoms with E-state index in [1.165, 1.54) is 30.6 Å². The van der Waals surface area contributed by atoms with Crippen LogP contribution in [0.5, 0.6) is 0 Å². The van der Waals surface area contributed by atoms with Crippen molar-refractivity contribution in [1.82, 2.24) is 0 Å². The zero-order valence-corrected chi connectivity index (χ0v) is 17.7. The second-order valence-corrected chi connectivity index (χ2v) is 9.46. The molecule has 0 aromatic heterocycles. The first-order valence-corrected chi connectivity index (χ1v) is 10.3. The van der Waals surface area contributed by atoms with E-state index >= 15 is 0 Å². The molecule has 0 saturated heterocycles. The molecule has 2 rings (SSSR count). The summed E-state index contributed by atoms with van der Waals surface area (Å²) in [5, 5.41) is 9.51. The number of hydrogen-bond acceptors (Lipinski definition) is 5. The fourth-order valence-corrected chi connectivity index (χ4v) is 5.60. The van der Waals surface area contributed by atoms with Crippen molar-refractivity contribution >= 4 is 41.1 Å². The van der Waals surface area contributed by atoms with Gasteiger partial charge in [0.2, 0.25) is 0 Å². The van der Waals surface area contributed by atoms with Crippen molar-refractivity contribution in [2.24, 2.45) is 0 Å². The molecule has 0 radical (unpaired) electrons. The van der Waals surface area contributed by atoms with Crippen LogP contribution < -0.4 is 0 Å². The quantitative estimate of drug-likeness (QED) is 0.290. The van der Waals surface area contributed by atoms with Crippen LogP contribution in [-0.2, 0) is 22.0 Å². The zero-order valence-electron chi connectivity index (χ0n) is 15.3. The van der Waals surface area contributed by atoms with E-state index in [0.717, 1.165) is 32.0 Å². The number of benzene rings is 2. The number of carbonyl (C=O) groups is 1. The molecule has 2 aromatic carbocycles. The molecule has 2 aromatic rings. The lowest BCUT2D eigenvalue weighted by molar-refractivity contribution is -0.140. The molecule has 6 heteroatoms. The second kappa shape index (κ2) is 9.18. The van der Waals surface area contributed by atoms with Gasteiger partial charge in [-0.3, -0.25) is 0 Å². The van der Waals surface area contributed by atoms with Crippen molar-refractivity contribution in [3.63, 3.8) is 0 Å². The Bertz CT molecular complexity index is 737. The highest BCUT2D eigenvalue weighted by Crippen LogP contribution is 2.48. The van der Waals surface area contributed by atoms with E-state index in [4.69, 9.17) is 16.3 Å². The lowest BCUT2D eigenvalue weighted by atomic mass is 10.1. The predicted octanol–water partition coefficient (Wildman–Crippen LogP) is 5.31. The van der Waals surface area contributed by atoms with Crippen LogP contribution >= 0.6 is 35.1 Å². The first-order chi connectivity index (χ1) is 12.4. The fourth-order valence-electron chi connectivity index (χ4n) is 2.57. The van der Waals surface area contributed by atoms with Crippen molar-refractivity contribution in [3.8, 4) is 0 Å². The van der Waals surface area contributed by atoms with Crippen LogP contribution in [0, 0.1) is 13.8 Å². The van der Waals surface area contributed by atoms with Crippen molar-refractivity contribution in [1.29, 1.82) is 0 Å². The van der Waals surface area contributed by atoms with E-state index in [-0.39, 0.29) is 12.6 Å². The summed E-state index contributed by atoms with van der Waals surface area (Å²) in [5.74, 6) is 0.122. The average molecular weight is 411 g/mol. The van der Waals surface area contributed by atoms with Gasteiger partial charge in [0, 0.05) is 15.7 Å². The van der Waals surface area contributed by atoms with E-state index in [9.17, 15) is 9.90 Å². The molecule has 0 heterocycles. The molecule has 26 heavy (non-hydrogen) atoms. The van der Waals surface area contributed by atoms with Gasteiger partial charge in [0.1, 0.15) is 0 Å². The summed E-state index contributed by atoms with van der Waals surface area (Å²) in [7, 11) is 1.40. The maximum atomic E-state index is 12.6. The molecule has 1 unspecified atom stereocenters. The third kappa shape index (κ3) is 4.58. The van der Waals surface area contributed by atoms with E-state index in [2.05, 4.69) is 0 Å².